The van der Waals surface area contributed by atoms with Crippen molar-refractivity contribution in [2.45, 2.75) is 32.3 Å². The van der Waals surface area contributed by atoms with Crippen molar-refractivity contribution in [1.29, 1.82) is 0 Å². The largest absolute Gasteiger partial charge is 0.376 e. The lowest BCUT2D eigenvalue weighted by Gasteiger charge is -2.12. The Morgan fingerprint density at radius 3 is 3.07 bits per heavy atom. The SMILES string of the molecule is Cc1c(C(=O)NCCc2cccc(Cl)c2)sc2ncnc(NCC3CCCO3)c12. The van der Waals surface area contributed by atoms with Gasteiger partial charge in [0.1, 0.15) is 17.0 Å². The second-order valence-corrected chi connectivity index (χ2v) is 8.55. The summed E-state index contributed by atoms with van der Waals surface area (Å²) in [6, 6.07) is 7.68. The van der Waals surface area contributed by atoms with E-state index in [0.717, 1.165) is 53.0 Å². The minimum atomic E-state index is -0.0856. The molecular formula is C21H23ClN4O2S. The number of carbonyl (C=O) groups excluding carboxylic acids is 1. The van der Waals surface area contributed by atoms with Crippen molar-refractivity contribution in [1.82, 2.24) is 15.3 Å². The number of nitrogens with one attached hydrogen (secondary N) is 2. The predicted molar refractivity (Wildman–Crippen MR) is 117 cm³/mol. The third-order valence-electron chi connectivity index (χ3n) is 5.04. The first-order chi connectivity index (χ1) is 14.1. The van der Waals surface area contributed by atoms with Crippen molar-refractivity contribution in [3.05, 3.63) is 51.6 Å². The van der Waals surface area contributed by atoms with Crippen LogP contribution in [0.25, 0.3) is 10.2 Å². The maximum atomic E-state index is 12.8. The fourth-order valence-corrected chi connectivity index (χ4v) is 4.81. The average molecular weight is 431 g/mol. The molecule has 1 saturated heterocycles. The van der Waals surface area contributed by atoms with Crippen LogP contribution in [0.1, 0.15) is 33.6 Å². The van der Waals surface area contributed by atoms with Gasteiger partial charge >= 0.3 is 0 Å². The van der Waals surface area contributed by atoms with Crippen LogP contribution in [0.3, 0.4) is 0 Å². The molecule has 4 rings (SSSR count). The second kappa shape index (κ2) is 9.07. The molecule has 3 heterocycles. The van der Waals surface area contributed by atoms with Crippen LogP contribution in [0.15, 0.2) is 30.6 Å². The summed E-state index contributed by atoms with van der Waals surface area (Å²) < 4.78 is 5.67. The number of benzene rings is 1. The summed E-state index contributed by atoms with van der Waals surface area (Å²) in [4.78, 5) is 23.0. The molecule has 1 amide bonds. The van der Waals surface area contributed by atoms with E-state index in [2.05, 4.69) is 20.6 Å². The molecule has 2 aromatic heterocycles. The summed E-state index contributed by atoms with van der Waals surface area (Å²) >= 11 is 7.42. The minimum absolute atomic E-state index is 0.0856. The number of aryl methyl sites for hydroxylation is 1. The Labute approximate surface area is 178 Å². The molecule has 1 aliphatic heterocycles. The third kappa shape index (κ3) is 4.69. The van der Waals surface area contributed by atoms with Gasteiger partial charge in [-0.2, -0.15) is 0 Å². The Hall–Kier alpha value is -2.22. The van der Waals surface area contributed by atoms with Crippen LogP contribution in [0.2, 0.25) is 5.02 Å². The lowest BCUT2D eigenvalue weighted by molar-refractivity contribution is 0.0957. The number of hydrogen-bond donors (Lipinski definition) is 2. The van der Waals surface area contributed by atoms with Crippen molar-refractivity contribution >= 4 is 44.9 Å². The van der Waals surface area contributed by atoms with Crippen molar-refractivity contribution in [3.8, 4) is 0 Å². The van der Waals surface area contributed by atoms with Gasteiger partial charge in [0.2, 0.25) is 0 Å². The Kier molecular flexibility index (Phi) is 6.28. The Morgan fingerprint density at radius 1 is 1.38 bits per heavy atom. The molecule has 0 aliphatic carbocycles. The van der Waals surface area contributed by atoms with Gasteiger partial charge < -0.3 is 15.4 Å². The summed E-state index contributed by atoms with van der Waals surface area (Å²) in [7, 11) is 0. The molecule has 0 bridgehead atoms. The van der Waals surface area contributed by atoms with E-state index < -0.39 is 0 Å². The van der Waals surface area contributed by atoms with Gasteiger partial charge in [-0.1, -0.05) is 23.7 Å². The number of fused-ring (bicyclic) bond motifs is 1. The van der Waals surface area contributed by atoms with Crippen molar-refractivity contribution in [2.75, 3.05) is 25.0 Å². The van der Waals surface area contributed by atoms with Gasteiger partial charge in [-0.15, -0.1) is 11.3 Å². The number of carbonyl (C=O) groups is 1. The molecule has 152 valence electrons. The highest BCUT2D eigenvalue weighted by atomic mass is 35.5. The van der Waals surface area contributed by atoms with Gasteiger partial charge in [-0.25, -0.2) is 9.97 Å². The number of aromatic nitrogens is 2. The van der Waals surface area contributed by atoms with Crippen molar-refractivity contribution in [2.24, 2.45) is 0 Å². The number of nitrogens with zero attached hydrogens (tertiary/aromatic N) is 2. The molecule has 0 saturated carbocycles. The normalized spacial score (nSPS) is 16.3. The fourth-order valence-electron chi connectivity index (χ4n) is 3.53. The van der Waals surface area contributed by atoms with Gasteiger partial charge in [0, 0.05) is 24.7 Å². The van der Waals surface area contributed by atoms with E-state index in [0.29, 0.717) is 23.0 Å². The molecule has 1 unspecified atom stereocenters. The van der Waals surface area contributed by atoms with E-state index in [1.54, 1.807) is 0 Å². The zero-order chi connectivity index (χ0) is 20.2. The van der Waals surface area contributed by atoms with E-state index in [9.17, 15) is 4.79 Å². The minimum Gasteiger partial charge on any atom is -0.376 e. The monoisotopic (exact) mass is 430 g/mol. The van der Waals surface area contributed by atoms with Crippen LogP contribution in [-0.2, 0) is 11.2 Å². The van der Waals surface area contributed by atoms with E-state index >= 15 is 0 Å². The first-order valence-electron chi connectivity index (χ1n) is 9.74. The summed E-state index contributed by atoms with van der Waals surface area (Å²) in [6.45, 7) is 4.03. The van der Waals surface area contributed by atoms with Crippen LogP contribution in [0.4, 0.5) is 5.82 Å². The number of amides is 1. The molecule has 1 atom stereocenters. The highest BCUT2D eigenvalue weighted by Crippen LogP contribution is 2.33. The smallest absolute Gasteiger partial charge is 0.261 e. The highest BCUT2D eigenvalue weighted by Gasteiger charge is 2.20. The number of thiophene rings is 1. The Bertz CT molecular complexity index is 1020. The topological polar surface area (TPSA) is 76.1 Å². The zero-order valence-electron chi connectivity index (χ0n) is 16.2. The number of rotatable bonds is 7. The van der Waals surface area contributed by atoms with Crippen LogP contribution >= 0.6 is 22.9 Å². The predicted octanol–water partition coefficient (Wildman–Crippen LogP) is 4.22. The van der Waals surface area contributed by atoms with Crippen LogP contribution in [0, 0.1) is 6.92 Å². The summed E-state index contributed by atoms with van der Waals surface area (Å²) in [6.07, 6.45) is 4.64. The Balaban J connectivity index is 1.44. The summed E-state index contributed by atoms with van der Waals surface area (Å²) in [5.74, 6) is 0.676. The van der Waals surface area contributed by atoms with Gasteiger partial charge in [0.05, 0.1) is 16.4 Å². The molecule has 6 nitrogen and oxygen atoms in total. The maximum absolute atomic E-state index is 12.8. The molecule has 29 heavy (non-hydrogen) atoms. The summed E-state index contributed by atoms with van der Waals surface area (Å²) in [5, 5.41) is 8.00. The number of hydrogen-bond acceptors (Lipinski definition) is 6. The molecular weight excluding hydrogens is 408 g/mol. The lowest BCUT2D eigenvalue weighted by atomic mass is 10.1. The quantitative estimate of drug-likeness (QED) is 0.587. The van der Waals surface area contributed by atoms with Crippen molar-refractivity contribution in [3.63, 3.8) is 0 Å². The standard InChI is InChI=1S/C21H23ClN4O2S/c1-13-17-19(24-11-16-6-3-9-28-16)25-12-26-21(17)29-18(13)20(27)23-8-7-14-4-2-5-15(22)10-14/h2,4-5,10,12,16H,3,6-9,11H2,1H3,(H,23,27)(H,24,25,26). The maximum Gasteiger partial charge on any atom is 0.261 e. The van der Waals surface area contributed by atoms with Gasteiger partial charge in [-0.3, -0.25) is 4.79 Å². The molecule has 1 aromatic carbocycles. The van der Waals surface area contributed by atoms with Crippen LogP contribution < -0.4 is 10.6 Å². The lowest BCUT2D eigenvalue weighted by Crippen LogP contribution is -2.25. The number of anilines is 1. The highest BCUT2D eigenvalue weighted by molar-refractivity contribution is 7.20. The molecule has 0 spiro atoms. The molecule has 1 fully saturated rings. The van der Waals surface area contributed by atoms with Crippen LogP contribution in [0.5, 0.6) is 0 Å². The zero-order valence-corrected chi connectivity index (χ0v) is 17.8. The first-order valence-corrected chi connectivity index (χ1v) is 10.9. The van der Waals surface area contributed by atoms with Gasteiger partial charge in [-0.05, 0) is 49.4 Å². The average Bonchev–Trinajstić information content (AvgIpc) is 3.35. The first kappa shape index (κ1) is 20.1. The van der Waals surface area contributed by atoms with E-state index in [1.807, 2.05) is 31.2 Å². The Morgan fingerprint density at radius 2 is 2.28 bits per heavy atom. The molecule has 3 aromatic rings. The van der Waals surface area contributed by atoms with E-state index in [4.69, 9.17) is 16.3 Å². The summed E-state index contributed by atoms with van der Waals surface area (Å²) in [5.41, 5.74) is 2.00. The second-order valence-electron chi connectivity index (χ2n) is 7.11. The third-order valence-corrected chi connectivity index (χ3v) is 6.48. The van der Waals surface area contributed by atoms with E-state index in [-0.39, 0.29) is 12.0 Å². The number of halogens is 1. The van der Waals surface area contributed by atoms with Gasteiger partial charge in [0.25, 0.3) is 5.91 Å². The van der Waals surface area contributed by atoms with Crippen LogP contribution in [-0.4, -0.2) is 41.7 Å². The molecule has 2 N–H and O–H groups in total. The molecule has 0 radical (unpaired) electrons. The number of ether oxygens (including phenoxy) is 1. The fraction of sp³-hybridized carbons (Fsp3) is 0.381. The molecule has 1 aliphatic rings. The van der Waals surface area contributed by atoms with E-state index in [1.165, 1.54) is 17.7 Å². The molecule has 8 heteroatoms. The van der Waals surface area contributed by atoms with Gasteiger partial charge in [0.15, 0.2) is 0 Å². The van der Waals surface area contributed by atoms with Crippen molar-refractivity contribution < 1.29 is 9.53 Å².